The van der Waals surface area contributed by atoms with Gasteiger partial charge < -0.3 is 0 Å². The number of sulfone groups is 1. The van der Waals surface area contributed by atoms with Crippen LogP contribution in [0.15, 0.2) is 18.5 Å². The van der Waals surface area contributed by atoms with Gasteiger partial charge in [-0.05, 0) is 6.07 Å². The van der Waals surface area contributed by atoms with Gasteiger partial charge in [-0.3, -0.25) is 4.68 Å². The Morgan fingerprint density at radius 1 is 1.45 bits per heavy atom. The van der Waals surface area contributed by atoms with E-state index < -0.39 is 9.84 Å². The number of hydrogen-bond acceptors (Lipinski definition) is 3. The monoisotopic (exact) mass is 172 g/mol. The standard InChI is InChI=1S/C6H8N2O2S/c9-11(10)4-6(5-11)8-3-1-2-7-8/h1-3,6H,4-5H2. The van der Waals surface area contributed by atoms with Crippen molar-refractivity contribution in [2.75, 3.05) is 11.5 Å². The molecular formula is C6H8N2O2S. The molecule has 0 aliphatic carbocycles. The molecule has 0 N–H and O–H groups in total. The molecule has 0 atom stereocenters. The topological polar surface area (TPSA) is 52.0 Å². The van der Waals surface area contributed by atoms with Crippen LogP contribution in [0.25, 0.3) is 0 Å². The second-order valence-electron chi connectivity index (χ2n) is 2.72. The minimum Gasteiger partial charge on any atom is -0.268 e. The molecule has 0 amide bonds. The normalized spacial score (nSPS) is 22.9. The van der Waals surface area contributed by atoms with Gasteiger partial charge in [-0.15, -0.1) is 0 Å². The first kappa shape index (κ1) is 6.84. The van der Waals surface area contributed by atoms with Gasteiger partial charge in [0.05, 0.1) is 17.5 Å². The van der Waals surface area contributed by atoms with Crippen LogP contribution in [0.4, 0.5) is 0 Å². The van der Waals surface area contributed by atoms with E-state index in [1.807, 2.05) is 0 Å². The predicted molar refractivity (Wildman–Crippen MR) is 39.9 cm³/mol. The van der Waals surface area contributed by atoms with Gasteiger partial charge >= 0.3 is 0 Å². The third kappa shape index (κ3) is 1.16. The second kappa shape index (κ2) is 2.07. The summed E-state index contributed by atoms with van der Waals surface area (Å²) in [4.78, 5) is 0. The molecule has 1 fully saturated rings. The Hall–Kier alpha value is -0.840. The van der Waals surface area contributed by atoms with E-state index in [1.54, 1.807) is 23.1 Å². The predicted octanol–water partition coefficient (Wildman–Crippen LogP) is -0.147. The molecule has 0 bridgehead atoms. The van der Waals surface area contributed by atoms with Crippen LogP contribution in [0, 0.1) is 0 Å². The first-order chi connectivity index (χ1) is 5.17. The van der Waals surface area contributed by atoms with E-state index in [0.717, 1.165) is 0 Å². The van der Waals surface area contributed by atoms with E-state index in [4.69, 9.17) is 0 Å². The van der Waals surface area contributed by atoms with E-state index in [0.29, 0.717) is 0 Å². The summed E-state index contributed by atoms with van der Waals surface area (Å²) in [7, 11) is -2.72. The number of nitrogens with zero attached hydrogens (tertiary/aromatic N) is 2. The molecule has 2 heterocycles. The van der Waals surface area contributed by atoms with Gasteiger partial charge in [-0.25, -0.2) is 8.42 Å². The van der Waals surface area contributed by atoms with Gasteiger partial charge in [0.15, 0.2) is 9.84 Å². The van der Waals surface area contributed by atoms with Crippen molar-refractivity contribution in [3.63, 3.8) is 0 Å². The largest absolute Gasteiger partial charge is 0.268 e. The summed E-state index contributed by atoms with van der Waals surface area (Å²) in [5.74, 6) is 0.489. The lowest BCUT2D eigenvalue weighted by atomic mass is 10.4. The highest BCUT2D eigenvalue weighted by Crippen LogP contribution is 2.21. The van der Waals surface area contributed by atoms with Crippen molar-refractivity contribution in [3.05, 3.63) is 18.5 Å². The fraction of sp³-hybridized carbons (Fsp3) is 0.500. The lowest BCUT2D eigenvalue weighted by Gasteiger charge is -2.25. The van der Waals surface area contributed by atoms with E-state index in [9.17, 15) is 8.42 Å². The molecular weight excluding hydrogens is 164 g/mol. The van der Waals surface area contributed by atoms with E-state index >= 15 is 0 Å². The van der Waals surface area contributed by atoms with Crippen LogP contribution >= 0.6 is 0 Å². The van der Waals surface area contributed by atoms with Gasteiger partial charge in [-0.1, -0.05) is 0 Å². The summed E-state index contributed by atoms with van der Waals surface area (Å²) in [6, 6.07) is 1.88. The van der Waals surface area contributed by atoms with Crippen LogP contribution in [0.2, 0.25) is 0 Å². The molecule has 1 aliphatic rings. The van der Waals surface area contributed by atoms with Crippen molar-refractivity contribution in [3.8, 4) is 0 Å². The van der Waals surface area contributed by atoms with E-state index in [2.05, 4.69) is 5.10 Å². The second-order valence-corrected chi connectivity index (χ2v) is 4.87. The maximum Gasteiger partial charge on any atom is 0.154 e. The van der Waals surface area contributed by atoms with E-state index in [1.165, 1.54) is 0 Å². The third-order valence-electron chi connectivity index (χ3n) is 1.79. The first-order valence-corrected chi connectivity index (χ1v) is 5.19. The zero-order valence-electron chi connectivity index (χ0n) is 5.84. The SMILES string of the molecule is O=S1(=O)CC(n2cccn2)C1. The Morgan fingerprint density at radius 2 is 2.18 bits per heavy atom. The van der Waals surface area contributed by atoms with Crippen LogP contribution in [0.5, 0.6) is 0 Å². The van der Waals surface area contributed by atoms with Crippen molar-refractivity contribution in [1.82, 2.24) is 9.78 Å². The highest BCUT2D eigenvalue weighted by Gasteiger charge is 2.34. The molecule has 0 saturated carbocycles. The fourth-order valence-electron chi connectivity index (χ4n) is 1.19. The lowest BCUT2D eigenvalue weighted by Crippen LogP contribution is -2.38. The summed E-state index contributed by atoms with van der Waals surface area (Å²) in [6.45, 7) is 0. The number of rotatable bonds is 1. The molecule has 1 aliphatic heterocycles. The van der Waals surface area contributed by atoms with E-state index in [-0.39, 0.29) is 17.5 Å². The van der Waals surface area contributed by atoms with Crippen LogP contribution in [0.3, 0.4) is 0 Å². The average Bonchev–Trinajstić information content (AvgIpc) is 2.32. The maximum absolute atomic E-state index is 10.8. The Bertz CT molecular complexity index is 329. The third-order valence-corrected chi connectivity index (χ3v) is 3.58. The molecule has 0 aromatic carbocycles. The van der Waals surface area contributed by atoms with Crippen LogP contribution in [-0.2, 0) is 9.84 Å². The summed E-state index contributed by atoms with van der Waals surface area (Å²) in [5, 5.41) is 3.96. The van der Waals surface area contributed by atoms with Crippen LogP contribution < -0.4 is 0 Å². The summed E-state index contributed by atoms with van der Waals surface area (Å²) in [5.41, 5.74) is 0. The smallest absolute Gasteiger partial charge is 0.154 e. The maximum atomic E-state index is 10.8. The Labute approximate surface area is 64.8 Å². The number of aromatic nitrogens is 2. The Morgan fingerprint density at radius 3 is 2.64 bits per heavy atom. The molecule has 0 radical (unpaired) electrons. The summed E-state index contributed by atoms with van der Waals surface area (Å²) >= 11 is 0. The van der Waals surface area contributed by atoms with Crippen molar-refractivity contribution in [2.24, 2.45) is 0 Å². The zero-order valence-corrected chi connectivity index (χ0v) is 6.66. The van der Waals surface area contributed by atoms with Gasteiger partial charge in [0.25, 0.3) is 0 Å². The minimum absolute atomic E-state index is 0.0787. The lowest BCUT2D eigenvalue weighted by molar-refractivity contribution is 0.473. The molecule has 1 aromatic rings. The molecule has 0 spiro atoms. The van der Waals surface area contributed by atoms with Crippen molar-refractivity contribution < 1.29 is 8.42 Å². The fourth-order valence-corrected chi connectivity index (χ4v) is 2.57. The van der Waals surface area contributed by atoms with Gasteiger partial charge in [0, 0.05) is 12.4 Å². The molecule has 5 heteroatoms. The van der Waals surface area contributed by atoms with Crippen LogP contribution in [-0.4, -0.2) is 29.7 Å². The average molecular weight is 172 g/mol. The highest BCUT2D eigenvalue weighted by atomic mass is 32.2. The van der Waals surface area contributed by atoms with Gasteiger partial charge in [-0.2, -0.15) is 5.10 Å². The molecule has 60 valence electrons. The van der Waals surface area contributed by atoms with Gasteiger partial charge in [0.2, 0.25) is 0 Å². The molecule has 1 saturated heterocycles. The number of hydrogen-bond donors (Lipinski definition) is 0. The summed E-state index contributed by atoms with van der Waals surface area (Å²) in [6.07, 6.45) is 3.45. The van der Waals surface area contributed by atoms with Crippen LogP contribution in [0.1, 0.15) is 6.04 Å². The Balaban J connectivity index is 2.14. The highest BCUT2D eigenvalue weighted by molar-refractivity contribution is 7.92. The van der Waals surface area contributed by atoms with Crippen molar-refractivity contribution in [2.45, 2.75) is 6.04 Å². The molecule has 0 unspecified atom stereocenters. The first-order valence-electron chi connectivity index (χ1n) is 3.37. The molecule has 4 nitrogen and oxygen atoms in total. The quantitative estimate of drug-likeness (QED) is 0.592. The zero-order chi connectivity index (χ0) is 7.90. The Kier molecular flexibility index (Phi) is 1.29. The summed E-state index contributed by atoms with van der Waals surface area (Å²) < 4.78 is 23.2. The minimum atomic E-state index is -2.72. The molecule has 11 heavy (non-hydrogen) atoms. The van der Waals surface area contributed by atoms with Crippen molar-refractivity contribution in [1.29, 1.82) is 0 Å². The van der Waals surface area contributed by atoms with Gasteiger partial charge in [0.1, 0.15) is 0 Å². The molecule has 1 aromatic heterocycles. The van der Waals surface area contributed by atoms with Crippen molar-refractivity contribution >= 4 is 9.84 Å². The molecule has 2 rings (SSSR count).